The molecule has 1 aliphatic heterocycles. The first-order valence-corrected chi connectivity index (χ1v) is 9.40. The smallest absolute Gasteiger partial charge is 0.251 e. The van der Waals surface area contributed by atoms with E-state index in [1.165, 1.54) is 6.42 Å². The molecule has 1 aliphatic carbocycles. The van der Waals surface area contributed by atoms with E-state index >= 15 is 0 Å². The monoisotopic (exact) mass is 343 g/mol. The molecule has 3 rings (SSSR count). The minimum atomic E-state index is -0.00871. The van der Waals surface area contributed by atoms with Gasteiger partial charge in [-0.3, -0.25) is 14.5 Å². The number of hydrogen-bond acceptors (Lipinski definition) is 3. The van der Waals surface area contributed by atoms with Crippen LogP contribution in [0.25, 0.3) is 0 Å². The molecule has 2 aliphatic rings. The van der Waals surface area contributed by atoms with E-state index in [9.17, 15) is 9.59 Å². The molecule has 0 atom stereocenters. The lowest BCUT2D eigenvalue weighted by molar-refractivity contribution is -0.139. The Bertz CT molecular complexity index is 612. The Morgan fingerprint density at radius 2 is 1.68 bits per heavy atom. The van der Waals surface area contributed by atoms with Gasteiger partial charge in [-0.2, -0.15) is 0 Å². The molecule has 1 heterocycles. The molecule has 0 aromatic heterocycles. The molecule has 2 fully saturated rings. The molecular formula is C20H29N3O2. The lowest BCUT2D eigenvalue weighted by Crippen LogP contribution is -2.52. The van der Waals surface area contributed by atoms with Gasteiger partial charge in [0.2, 0.25) is 5.91 Å². The van der Waals surface area contributed by atoms with Crippen LogP contribution in [0.5, 0.6) is 0 Å². The number of nitrogens with zero attached hydrogens (tertiary/aromatic N) is 2. The number of hydrogen-bond donors (Lipinski definition) is 1. The Balaban J connectivity index is 1.38. The SMILES string of the molecule is Cc1cc(C)cc(C(=O)NCCN2CCN(C(=O)C3CCC3)CC2)c1. The minimum Gasteiger partial charge on any atom is -0.351 e. The molecule has 1 saturated heterocycles. The Labute approximate surface area is 150 Å². The number of nitrogens with one attached hydrogen (secondary N) is 1. The van der Waals surface area contributed by atoms with Crippen molar-refractivity contribution >= 4 is 11.8 Å². The van der Waals surface area contributed by atoms with Gasteiger partial charge in [0.15, 0.2) is 0 Å². The molecule has 1 aromatic rings. The van der Waals surface area contributed by atoms with Crippen molar-refractivity contribution in [1.29, 1.82) is 0 Å². The number of carbonyl (C=O) groups is 2. The van der Waals surface area contributed by atoms with Crippen LogP contribution in [0.4, 0.5) is 0 Å². The fourth-order valence-electron chi connectivity index (χ4n) is 3.64. The number of piperazine rings is 1. The van der Waals surface area contributed by atoms with Gasteiger partial charge in [-0.25, -0.2) is 0 Å². The molecule has 0 bridgehead atoms. The minimum absolute atomic E-state index is 0.00871. The zero-order valence-corrected chi connectivity index (χ0v) is 15.4. The van der Waals surface area contributed by atoms with Gasteiger partial charge >= 0.3 is 0 Å². The third kappa shape index (κ3) is 4.60. The van der Waals surface area contributed by atoms with Gasteiger partial charge in [-0.1, -0.05) is 23.6 Å². The lowest BCUT2D eigenvalue weighted by Gasteiger charge is -2.38. The summed E-state index contributed by atoms with van der Waals surface area (Å²) >= 11 is 0. The molecule has 5 nitrogen and oxygen atoms in total. The summed E-state index contributed by atoms with van der Waals surface area (Å²) in [5.74, 6) is 0.642. The van der Waals surface area contributed by atoms with Gasteiger partial charge in [-0.15, -0.1) is 0 Å². The Morgan fingerprint density at radius 1 is 1.04 bits per heavy atom. The quantitative estimate of drug-likeness (QED) is 0.889. The molecule has 0 unspecified atom stereocenters. The maximum Gasteiger partial charge on any atom is 0.251 e. The van der Waals surface area contributed by atoms with Crippen LogP contribution >= 0.6 is 0 Å². The average Bonchev–Trinajstić information content (AvgIpc) is 2.52. The summed E-state index contributed by atoms with van der Waals surface area (Å²) in [5.41, 5.74) is 2.95. The maximum absolute atomic E-state index is 12.3. The van der Waals surface area contributed by atoms with Gasteiger partial charge < -0.3 is 10.2 Å². The van der Waals surface area contributed by atoms with Crippen LogP contribution in [0.1, 0.15) is 40.7 Å². The summed E-state index contributed by atoms with van der Waals surface area (Å²) in [6, 6.07) is 5.92. The van der Waals surface area contributed by atoms with Gasteiger partial charge in [0.25, 0.3) is 5.91 Å². The van der Waals surface area contributed by atoms with Crippen molar-refractivity contribution in [2.75, 3.05) is 39.3 Å². The molecule has 1 aromatic carbocycles. The number of rotatable bonds is 5. The van der Waals surface area contributed by atoms with Crippen molar-refractivity contribution in [3.05, 3.63) is 34.9 Å². The second kappa shape index (κ2) is 8.00. The molecule has 1 N–H and O–H groups in total. The lowest BCUT2D eigenvalue weighted by atomic mass is 9.84. The van der Waals surface area contributed by atoms with Crippen LogP contribution in [0.15, 0.2) is 18.2 Å². The fraction of sp³-hybridized carbons (Fsp3) is 0.600. The largest absolute Gasteiger partial charge is 0.351 e. The summed E-state index contributed by atoms with van der Waals surface area (Å²) in [6.07, 6.45) is 3.35. The molecule has 5 heteroatoms. The topological polar surface area (TPSA) is 52.7 Å². The highest BCUT2D eigenvalue weighted by Gasteiger charge is 2.30. The van der Waals surface area contributed by atoms with E-state index in [0.29, 0.717) is 18.4 Å². The summed E-state index contributed by atoms with van der Waals surface area (Å²) in [6.45, 7) is 8.93. The van der Waals surface area contributed by atoms with Gasteiger partial charge in [-0.05, 0) is 38.8 Å². The van der Waals surface area contributed by atoms with Crippen molar-refractivity contribution < 1.29 is 9.59 Å². The van der Waals surface area contributed by atoms with Gasteiger partial charge in [0, 0.05) is 50.7 Å². The summed E-state index contributed by atoms with van der Waals surface area (Å²) in [7, 11) is 0. The normalized spacial score (nSPS) is 18.7. The second-order valence-electron chi connectivity index (χ2n) is 7.43. The van der Waals surface area contributed by atoms with E-state index in [4.69, 9.17) is 0 Å². The first kappa shape index (κ1) is 17.9. The summed E-state index contributed by atoms with van der Waals surface area (Å²) < 4.78 is 0. The Hall–Kier alpha value is -1.88. The number of amides is 2. The first-order valence-electron chi connectivity index (χ1n) is 9.40. The number of aryl methyl sites for hydroxylation is 2. The molecule has 2 amide bonds. The molecule has 25 heavy (non-hydrogen) atoms. The van der Waals surface area contributed by atoms with E-state index in [1.54, 1.807) is 0 Å². The third-order valence-corrected chi connectivity index (χ3v) is 5.34. The third-order valence-electron chi connectivity index (χ3n) is 5.34. The summed E-state index contributed by atoms with van der Waals surface area (Å²) in [5, 5.41) is 3.01. The van der Waals surface area contributed by atoms with Crippen LogP contribution < -0.4 is 5.32 Å². The zero-order chi connectivity index (χ0) is 17.8. The summed E-state index contributed by atoms with van der Waals surface area (Å²) in [4.78, 5) is 28.9. The highest BCUT2D eigenvalue weighted by Crippen LogP contribution is 2.28. The van der Waals surface area contributed by atoms with Crippen molar-refractivity contribution in [3.8, 4) is 0 Å². The van der Waals surface area contributed by atoms with Crippen LogP contribution in [-0.2, 0) is 4.79 Å². The Morgan fingerprint density at radius 3 is 2.24 bits per heavy atom. The molecule has 136 valence electrons. The van der Waals surface area contributed by atoms with Crippen molar-refractivity contribution in [2.24, 2.45) is 5.92 Å². The second-order valence-corrected chi connectivity index (χ2v) is 7.43. The highest BCUT2D eigenvalue weighted by atomic mass is 16.2. The molecular weight excluding hydrogens is 314 g/mol. The van der Waals surface area contributed by atoms with Crippen LogP contribution in [0.2, 0.25) is 0 Å². The van der Waals surface area contributed by atoms with Crippen molar-refractivity contribution in [3.63, 3.8) is 0 Å². The molecule has 0 radical (unpaired) electrons. The molecule has 0 spiro atoms. The predicted molar refractivity (Wildman–Crippen MR) is 98.6 cm³/mol. The number of benzene rings is 1. The van der Waals surface area contributed by atoms with Gasteiger partial charge in [0.1, 0.15) is 0 Å². The van der Waals surface area contributed by atoms with Crippen LogP contribution in [-0.4, -0.2) is 60.9 Å². The van der Waals surface area contributed by atoms with E-state index in [0.717, 1.165) is 62.3 Å². The first-order chi connectivity index (χ1) is 12.0. The Kier molecular flexibility index (Phi) is 5.74. The highest BCUT2D eigenvalue weighted by molar-refractivity contribution is 5.94. The van der Waals surface area contributed by atoms with E-state index < -0.39 is 0 Å². The maximum atomic E-state index is 12.3. The van der Waals surface area contributed by atoms with E-state index in [-0.39, 0.29) is 5.91 Å². The van der Waals surface area contributed by atoms with Crippen molar-refractivity contribution in [2.45, 2.75) is 33.1 Å². The van der Waals surface area contributed by atoms with Crippen molar-refractivity contribution in [1.82, 2.24) is 15.1 Å². The average molecular weight is 343 g/mol. The predicted octanol–water partition coefficient (Wildman–Crippen LogP) is 1.98. The zero-order valence-electron chi connectivity index (χ0n) is 15.4. The van der Waals surface area contributed by atoms with Crippen LogP contribution in [0, 0.1) is 19.8 Å². The molecule has 1 saturated carbocycles. The standard InChI is InChI=1S/C20H29N3O2/c1-15-12-16(2)14-18(13-15)19(24)21-6-7-22-8-10-23(11-9-22)20(25)17-4-3-5-17/h12-14,17H,3-11H2,1-2H3,(H,21,24). The van der Waals surface area contributed by atoms with Gasteiger partial charge in [0.05, 0.1) is 0 Å². The fourth-order valence-corrected chi connectivity index (χ4v) is 3.64. The number of carbonyl (C=O) groups excluding carboxylic acids is 2. The van der Waals surface area contributed by atoms with E-state index in [2.05, 4.69) is 16.3 Å². The van der Waals surface area contributed by atoms with Crippen LogP contribution in [0.3, 0.4) is 0 Å². The van der Waals surface area contributed by atoms with E-state index in [1.807, 2.05) is 30.9 Å².